The second-order valence-electron chi connectivity index (χ2n) is 10.6. The zero-order chi connectivity index (χ0) is 29.6. The lowest BCUT2D eigenvalue weighted by Gasteiger charge is -2.34. The number of nitrogens with one attached hydrogen (secondary N) is 1. The van der Waals surface area contributed by atoms with Gasteiger partial charge in [0, 0.05) is 29.1 Å². The fourth-order valence-electron chi connectivity index (χ4n) is 5.10. The molecule has 3 aromatic carbocycles. The minimum atomic E-state index is -3.87. The fourth-order valence-corrected chi connectivity index (χ4v) is 6.33. The Labute approximate surface area is 252 Å². The van der Waals surface area contributed by atoms with Crippen LogP contribution in [0.4, 0.5) is 5.69 Å². The highest BCUT2D eigenvalue weighted by Gasteiger charge is 2.34. The van der Waals surface area contributed by atoms with Gasteiger partial charge in [-0.2, -0.15) is 0 Å². The monoisotopic (exact) mass is 615 g/mol. The molecular formula is C31H35Cl2N3O4S. The molecule has 0 bridgehead atoms. The number of benzene rings is 3. The van der Waals surface area contributed by atoms with Gasteiger partial charge in [-0.05, 0) is 60.7 Å². The van der Waals surface area contributed by atoms with Gasteiger partial charge in [0.1, 0.15) is 12.6 Å². The van der Waals surface area contributed by atoms with Crippen LogP contribution < -0.4 is 9.62 Å². The third-order valence-corrected chi connectivity index (χ3v) is 9.12. The number of aryl methyl sites for hydroxylation is 1. The lowest BCUT2D eigenvalue weighted by atomic mass is 10.0. The summed E-state index contributed by atoms with van der Waals surface area (Å²) in [6, 6.07) is 20.6. The second kappa shape index (κ2) is 13.7. The summed E-state index contributed by atoms with van der Waals surface area (Å²) in [7, 11) is -3.87. The number of rotatable bonds is 11. The van der Waals surface area contributed by atoms with Gasteiger partial charge >= 0.3 is 0 Å². The molecule has 0 spiro atoms. The Kier molecular flexibility index (Phi) is 10.3. The molecule has 1 aliphatic carbocycles. The number of hydrogen-bond donors (Lipinski definition) is 1. The van der Waals surface area contributed by atoms with Crippen molar-refractivity contribution in [3.8, 4) is 0 Å². The van der Waals surface area contributed by atoms with Crippen LogP contribution in [0.1, 0.15) is 42.4 Å². The maximum atomic E-state index is 14.2. The summed E-state index contributed by atoms with van der Waals surface area (Å²) < 4.78 is 26.9. The number of carbonyl (C=O) groups is 2. The Balaban J connectivity index is 1.73. The number of carbonyl (C=O) groups excluding carboxylic acids is 2. The first-order valence-electron chi connectivity index (χ1n) is 13.6. The van der Waals surface area contributed by atoms with E-state index in [1.807, 2.05) is 43.3 Å². The van der Waals surface area contributed by atoms with Gasteiger partial charge < -0.3 is 10.2 Å². The van der Waals surface area contributed by atoms with Gasteiger partial charge in [-0.15, -0.1) is 0 Å². The van der Waals surface area contributed by atoms with Crippen molar-refractivity contribution in [1.29, 1.82) is 0 Å². The highest BCUT2D eigenvalue weighted by Crippen LogP contribution is 2.26. The summed E-state index contributed by atoms with van der Waals surface area (Å²) in [5, 5.41) is 4.04. The Morgan fingerprint density at radius 2 is 1.63 bits per heavy atom. The maximum Gasteiger partial charge on any atom is 0.244 e. The molecule has 7 nitrogen and oxygen atoms in total. The Morgan fingerprint density at radius 3 is 2.27 bits per heavy atom. The molecular weight excluding hydrogens is 581 g/mol. The lowest BCUT2D eigenvalue weighted by Crippen LogP contribution is -2.54. The van der Waals surface area contributed by atoms with Crippen LogP contribution in [0.15, 0.2) is 72.8 Å². The third-order valence-electron chi connectivity index (χ3n) is 7.34. The molecule has 0 aliphatic heterocycles. The summed E-state index contributed by atoms with van der Waals surface area (Å²) in [6.07, 6.45) is 5.18. The van der Waals surface area contributed by atoms with Gasteiger partial charge in [0.25, 0.3) is 0 Å². The zero-order valence-electron chi connectivity index (χ0n) is 23.2. The summed E-state index contributed by atoms with van der Waals surface area (Å²) in [6.45, 7) is 1.38. The van der Waals surface area contributed by atoms with Crippen molar-refractivity contribution < 1.29 is 18.0 Å². The Morgan fingerprint density at radius 1 is 0.951 bits per heavy atom. The van der Waals surface area contributed by atoms with Crippen molar-refractivity contribution in [2.24, 2.45) is 0 Å². The molecule has 0 heterocycles. The van der Waals surface area contributed by atoms with E-state index >= 15 is 0 Å². The molecule has 218 valence electrons. The molecule has 0 aromatic heterocycles. The molecule has 2 amide bonds. The first-order chi connectivity index (χ1) is 19.5. The van der Waals surface area contributed by atoms with Crippen molar-refractivity contribution in [3.63, 3.8) is 0 Å². The Hall–Kier alpha value is -3.07. The van der Waals surface area contributed by atoms with E-state index in [2.05, 4.69) is 5.32 Å². The van der Waals surface area contributed by atoms with Crippen LogP contribution in [0, 0.1) is 6.92 Å². The maximum absolute atomic E-state index is 14.2. The first-order valence-corrected chi connectivity index (χ1v) is 16.2. The molecule has 1 N–H and O–H groups in total. The lowest BCUT2D eigenvalue weighted by molar-refractivity contribution is -0.140. The van der Waals surface area contributed by atoms with Crippen molar-refractivity contribution in [2.45, 2.75) is 57.7 Å². The average Bonchev–Trinajstić information content (AvgIpc) is 3.44. The van der Waals surface area contributed by atoms with E-state index in [-0.39, 0.29) is 30.6 Å². The minimum Gasteiger partial charge on any atom is -0.352 e. The smallest absolute Gasteiger partial charge is 0.244 e. The minimum absolute atomic E-state index is 0.0473. The van der Waals surface area contributed by atoms with Crippen LogP contribution in [0.5, 0.6) is 0 Å². The van der Waals surface area contributed by atoms with E-state index in [9.17, 15) is 18.0 Å². The molecule has 1 atom stereocenters. The number of sulfonamides is 1. The SMILES string of the molecule is Cc1ccc(N(CC(=O)N(Cc2cccc(Cl)c2)[C@H](Cc2ccccc2)C(=O)NC2CCCC2)S(C)(=O)=O)cc1Cl. The van der Waals surface area contributed by atoms with Gasteiger partial charge in [-0.25, -0.2) is 8.42 Å². The van der Waals surface area contributed by atoms with Gasteiger partial charge in [0.05, 0.1) is 11.9 Å². The van der Waals surface area contributed by atoms with Gasteiger partial charge in [-0.1, -0.05) is 84.6 Å². The van der Waals surface area contributed by atoms with Crippen molar-refractivity contribution in [3.05, 3.63) is 99.5 Å². The highest BCUT2D eigenvalue weighted by atomic mass is 35.5. The summed E-state index contributed by atoms with van der Waals surface area (Å²) in [4.78, 5) is 29.5. The van der Waals surface area contributed by atoms with Crippen LogP contribution >= 0.6 is 23.2 Å². The molecule has 3 aromatic rings. The molecule has 1 aliphatic rings. The summed E-state index contributed by atoms with van der Waals surface area (Å²) >= 11 is 12.6. The molecule has 0 saturated heterocycles. The third kappa shape index (κ3) is 8.47. The van der Waals surface area contributed by atoms with Crippen LogP contribution in [0.3, 0.4) is 0 Å². The number of halogens is 2. The first kappa shape index (κ1) is 30.9. The van der Waals surface area contributed by atoms with Crippen molar-refractivity contribution in [1.82, 2.24) is 10.2 Å². The topological polar surface area (TPSA) is 86.8 Å². The largest absolute Gasteiger partial charge is 0.352 e. The van der Waals surface area contributed by atoms with Gasteiger partial charge in [0.2, 0.25) is 21.8 Å². The molecule has 1 saturated carbocycles. The van der Waals surface area contributed by atoms with Crippen LogP contribution in [0.25, 0.3) is 0 Å². The van der Waals surface area contributed by atoms with Crippen LogP contribution in [-0.2, 0) is 32.6 Å². The predicted molar refractivity (Wildman–Crippen MR) is 165 cm³/mol. The van der Waals surface area contributed by atoms with E-state index in [0.29, 0.717) is 10.0 Å². The summed E-state index contributed by atoms with van der Waals surface area (Å²) in [5.41, 5.74) is 2.66. The zero-order valence-corrected chi connectivity index (χ0v) is 25.6. The quantitative estimate of drug-likeness (QED) is 0.297. The highest BCUT2D eigenvalue weighted by molar-refractivity contribution is 7.92. The van der Waals surface area contributed by atoms with E-state index in [4.69, 9.17) is 23.2 Å². The Bertz CT molecular complexity index is 1480. The van der Waals surface area contributed by atoms with Crippen molar-refractivity contribution in [2.75, 3.05) is 17.1 Å². The fraction of sp³-hybridized carbons (Fsp3) is 0.355. The van der Waals surface area contributed by atoms with Crippen molar-refractivity contribution >= 4 is 50.7 Å². The number of nitrogens with zero attached hydrogens (tertiary/aromatic N) is 2. The number of amides is 2. The van der Waals surface area contributed by atoms with E-state index in [1.165, 1.54) is 11.0 Å². The number of anilines is 1. The normalized spacial score (nSPS) is 14.4. The molecule has 0 unspecified atom stereocenters. The van der Waals surface area contributed by atoms with E-state index < -0.39 is 28.5 Å². The van der Waals surface area contributed by atoms with E-state index in [0.717, 1.165) is 52.9 Å². The summed E-state index contributed by atoms with van der Waals surface area (Å²) in [5.74, 6) is -0.782. The standard InChI is InChI=1S/C31H35Cl2N3O4S/c1-22-15-16-27(19-28(22)33)36(41(2,39)40)21-30(37)35(20-24-11-8-12-25(32)17-24)29(18-23-9-4-3-5-10-23)31(38)34-26-13-6-7-14-26/h3-5,8-12,15-17,19,26,29H,6-7,13-14,18,20-21H2,1-2H3,(H,34,38)/t29-/m1/s1. The van der Waals surface area contributed by atoms with Crippen LogP contribution in [0.2, 0.25) is 10.0 Å². The van der Waals surface area contributed by atoms with Gasteiger partial charge in [0.15, 0.2) is 0 Å². The van der Waals surface area contributed by atoms with Crippen LogP contribution in [-0.4, -0.2) is 50.0 Å². The van der Waals surface area contributed by atoms with Gasteiger partial charge in [-0.3, -0.25) is 13.9 Å². The predicted octanol–water partition coefficient (Wildman–Crippen LogP) is 5.77. The molecule has 4 rings (SSSR count). The molecule has 1 fully saturated rings. The molecule has 0 radical (unpaired) electrons. The number of hydrogen-bond acceptors (Lipinski definition) is 4. The second-order valence-corrected chi connectivity index (χ2v) is 13.3. The molecule has 41 heavy (non-hydrogen) atoms. The van der Waals surface area contributed by atoms with E-state index in [1.54, 1.807) is 30.3 Å². The average molecular weight is 617 g/mol. The molecule has 10 heteroatoms.